The van der Waals surface area contributed by atoms with Crippen LogP contribution in [0.3, 0.4) is 0 Å². The molecular formula is C12H19NOS. The van der Waals surface area contributed by atoms with Crippen LogP contribution in [0.2, 0.25) is 0 Å². The molecule has 0 amide bonds. The molecule has 1 heterocycles. The fourth-order valence-electron chi connectivity index (χ4n) is 2.17. The molecule has 1 aliphatic rings. The highest BCUT2D eigenvalue weighted by Crippen LogP contribution is 2.45. The van der Waals surface area contributed by atoms with Crippen LogP contribution in [0.5, 0.6) is 0 Å². The van der Waals surface area contributed by atoms with E-state index in [0.717, 1.165) is 25.7 Å². The molecule has 2 nitrogen and oxygen atoms in total. The van der Waals surface area contributed by atoms with Gasteiger partial charge in [0.25, 0.3) is 0 Å². The Balaban J connectivity index is 2.25. The van der Waals surface area contributed by atoms with E-state index >= 15 is 0 Å². The first-order chi connectivity index (χ1) is 7.22. The maximum Gasteiger partial charge on any atom is 0.102 e. The van der Waals surface area contributed by atoms with Gasteiger partial charge in [0.2, 0.25) is 0 Å². The van der Waals surface area contributed by atoms with Gasteiger partial charge >= 0.3 is 0 Å². The molecule has 2 rings (SSSR count). The van der Waals surface area contributed by atoms with Gasteiger partial charge in [-0.25, -0.2) is 4.98 Å². The van der Waals surface area contributed by atoms with Crippen LogP contribution in [0.15, 0.2) is 0 Å². The molecule has 0 aliphatic heterocycles. The third kappa shape index (κ3) is 1.83. The Kier molecular flexibility index (Phi) is 3.12. The normalized spacial score (nSPS) is 18.9. The van der Waals surface area contributed by atoms with Crippen LogP contribution >= 0.6 is 11.3 Å². The average Bonchev–Trinajstić information content (AvgIpc) is 2.48. The van der Waals surface area contributed by atoms with Crippen LogP contribution in [-0.2, 0) is 11.8 Å². The average molecular weight is 225 g/mol. The van der Waals surface area contributed by atoms with E-state index in [1.807, 2.05) is 0 Å². The number of nitrogens with zero attached hydrogens (tertiary/aromatic N) is 1. The van der Waals surface area contributed by atoms with E-state index in [1.54, 1.807) is 11.3 Å². The first-order valence-electron chi connectivity index (χ1n) is 5.79. The monoisotopic (exact) mass is 225 g/mol. The van der Waals surface area contributed by atoms with Crippen molar-refractivity contribution in [2.24, 2.45) is 0 Å². The lowest BCUT2D eigenvalue weighted by molar-refractivity contribution is 0.120. The van der Waals surface area contributed by atoms with Gasteiger partial charge in [0.15, 0.2) is 0 Å². The predicted molar refractivity (Wildman–Crippen MR) is 63.5 cm³/mol. The zero-order chi connectivity index (χ0) is 10.9. The molecule has 0 unspecified atom stereocenters. The van der Waals surface area contributed by atoms with E-state index in [0.29, 0.717) is 0 Å². The summed E-state index contributed by atoms with van der Waals surface area (Å²) in [6.45, 7) is 4.60. The Morgan fingerprint density at radius 1 is 1.47 bits per heavy atom. The number of aryl methyl sites for hydroxylation is 2. The van der Waals surface area contributed by atoms with E-state index in [9.17, 15) is 5.11 Å². The molecule has 1 aromatic heterocycles. The van der Waals surface area contributed by atoms with Gasteiger partial charge in [-0.05, 0) is 26.2 Å². The number of hydrogen-bond donors (Lipinski definition) is 1. The van der Waals surface area contributed by atoms with E-state index in [2.05, 4.69) is 13.8 Å². The van der Waals surface area contributed by atoms with Crippen LogP contribution in [-0.4, -0.2) is 16.7 Å². The van der Waals surface area contributed by atoms with E-state index in [1.165, 1.54) is 22.0 Å². The number of aromatic nitrogens is 1. The SMILES string of the molecule is CCCc1nc(C2(CO)CCC2)sc1C. The molecule has 3 heteroatoms. The van der Waals surface area contributed by atoms with Crippen molar-refractivity contribution < 1.29 is 5.11 Å². The quantitative estimate of drug-likeness (QED) is 0.854. The van der Waals surface area contributed by atoms with Crippen LogP contribution in [0.25, 0.3) is 0 Å². The topological polar surface area (TPSA) is 33.1 Å². The largest absolute Gasteiger partial charge is 0.395 e. The summed E-state index contributed by atoms with van der Waals surface area (Å²) >= 11 is 1.79. The number of rotatable bonds is 4. The highest BCUT2D eigenvalue weighted by atomic mass is 32.1. The van der Waals surface area contributed by atoms with Gasteiger partial charge in [0, 0.05) is 10.3 Å². The maximum atomic E-state index is 9.49. The summed E-state index contributed by atoms with van der Waals surface area (Å²) in [6, 6.07) is 0. The molecule has 1 fully saturated rings. The number of aliphatic hydroxyl groups excluding tert-OH is 1. The lowest BCUT2D eigenvalue weighted by Gasteiger charge is -2.38. The van der Waals surface area contributed by atoms with Crippen molar-refractivity contribution in [3.8, 4) is 0 Å². The Morgan fingerprint density at radius 2 is 2.20 bits per heavy atom. The van der Waals surface area contributed by atoms with Gasteiger partial charge in [0.1, 0.15) is 5.01 Å². The van der Waals surface area contributed by atoms with Crippen molar-refractivity contribution in [3.63, 3.8) is 0 Å². The summed E-state index contributed by atoms with van der Waals surface area (Å²) < 4.78 is 0. The zero-order valence-electron chi connectivity index (χ0n) is 9.55. The minimum atomic E-state index is 0.0292. The summed E-state index contributed by atoms with van der Waals surface area (Å²) in [5.41, 5.74) is 1.28. The summed E-state index contributed by atoms with van der Waals surface area (Å²) in [5, 5.41) is 10.7. The molecule has 0 spiro atoms. The van der Waals surface area contributed by atoms with Gasteiger partial charge in [-0.15, -0.1) is 11.3 Å². The molecule has 1 aromatic rings. The summed E-state index contributed by atoms with van der Waals surface area (Å²) in [4.78, 5) is 6.06. The number of aliphatic hydroxyl groups is 1. The van der Waals surface area contributed by atoms with Gasteiger partial charge in [-0.2, -0.15) is 0 Å². The van der Waals surface area contributed by atoms with Crippen molar-refractivity contribution >= 4 is 11.3 Å². The fourth-order valence-corrected chi connectivity index (χ4v) is 3.36. The third-order valence-corrected chi connectivity index (χ3v) is 4.71. The molecule has 1 aliphatic carbocycles. The Morgan fingerprint density at radius 3 is 2.67 bits per heavy atom. The van der Waals surface area contributed by atoms with Crippen LogP contribution < -0.4 is 0 Å². The Labute approximate surface area is 95.4 Å². The molecule has 1 N–H and O–H groups in total. The summed E-state index contributed by atoms with van der Waals surface area (Å²) in [6.07, 6.45) is 5.69. The van der Waals surface area contributed by atoms with Crippen molar-refractivity contribution in [3.05, 3.63) is 15.6 Å². The van der Waals surface area contributed by atoms with Crippen molar-refractivity contribution in [2.75, 3.05) is 6.61 Å². The van der Waals surface area contributed by atoms with Crippen molar-refractivity contribution in [1.29, 1.82) is 0 Å². The second kappa shape index (κ2) is 4.22. The van der Waals surface area contributed by atoms with Crippen molar-refractivity contribution in [2.45, 2.75) is 51.4 Å². The molecule has 15 heavy (non-hydrogen) atoms. The molecule has 84 valence electrons. The smallest absolute Gasteiger partial charge is 0.102 e. The second-order valence-electron chi connectivity index (χ2n) is 4.56. The minimum Gasteiger partial charge on any atom is -0.395 e. The van der Waals surface area contributed by atoms with Crippen LogP contribution in [0.1, 0.15) is 48.2 Å². The molecule has 0 saturated heterocycles. The third-order valence-electron chi connectivity index (χ3n) is 3.45. The van der Waals surface area contributed by atoms with Crippen LogP contribution in [0.4, 0.5) is 0 Å². The lowest BCUT2D eigenvalue weighted by atomic mass is 9.70. The Bertz CT molecular complexity index is 336. The van der Waals surface area contributed by atoms with E-state index < -0.39 is 0 Å². The van der Waals surface area contributed by atoms with E-state index in [4.69, 9.17) is 4.98 Å². The van der Waals surface area contributed by atoms with Crippen molar-refractivity contribution in [1.82, 2.24) is 4.98 Å². The molecular weight excluding hydrogens is 206 g/mol. The molecule has 0 atom stereocenters. The predicted octanol–water partition coefficient (Wildman–Crippen LogP) is 2.82. The first kappa shape index (κ1) is 11.1. The highest BCUT2D eigenvalue weighted by Gasteiger charge is 2.41. The molecule has 0 aromatic carbocycles. The fraction of sp³-hybridized carbons (Fsp3) is 0.750. The minimum absolute atomic E-state index is 0.0292. The number of hydrogen-bond acceptors (Lipinski definition) is 3. The van der Waals surface area contributed by atoms with Gasteiger partial charge in [0.05, 0.1) is 12.3 Å². The molecule has 0 bridgehead atoms. The van der Waals surface area contributed by atoms with Gasteiger partial charge in [-0.3, -0.25) is 0 Å². The Hall–Kier alpha value is -0.410. The zero-order valence-corrected chi connectivity index (χ0v) is 10.4. The van der Waals surface area contributed by atoms with Gasteiger partial charge < -0.3 is 5.11 Å². The van der Waals surface area contributed by atoms with Gasteiger partial charge in [-0.1, -0.05) is 19.8 Å². The maximum absolute atomic E-state index is 9.49. The standard InChI is InChI=1S/C12H19NOS/c1-3-5-10-9(2)15-11(13-10)12(8-14)6-4-7-12/h14H,3-8H2,1-2H3. The summed E-state index contributed by atoms with van der Waals surface area (Å²) in [5.74, 6) is 0. The molecule has 1 saturated carbocycles. The van der Waals surface area contributed by atoms with Crippen LogP contribution in [0, 0.1) is 6.92 Å². The second-order valence-corrected chi connectivity index (χ2v) is 5.77. The summed E-state index contributed by atoms with van der Waals surface area (Å²) in [7, 11) is 0. The molecule has 0 radical (unpaired) electrons. The van der Waals surface area contributed by atoms with E-state index in [-0.39, 0.29) is 12.0 Å². The first-order valence-corrected chi connectivity index (χ1v) is 6.61. The highest BCUT2D eigenvalue weighted by molar-refractivity contribution is 7.11. The lowest BCUT2D eigenvalue weighted by Crippen LogP contribution is -2.37. The number of thiazole rings is 1.